The van der Waals surface area contributed by atoms with Gasteiger partial charge in [0.1, 0.15) is 0 Å². The summed E-state index contributed by atoms with van der Waals surface area (Å²) in [5.74, 6) is -0.858. The van der Waals surface area contributed by atoms with E-state index in [0.717, 1.165) is 32.2 Å². The standard InChI is InChI=1S/C14H27N3O3/c1-11(2)17(3)9-5-8-15-13(20)16-14(6-4-7-14)10-12(18)19/h11H,4-10H2,1-3H3,(H,18,19)(H2,15,16,20). The average Bonchev–Trinajstić information content (AvgIpc) is 2.30. The van der Waals surface area contributed by atoms with Crippen molar-refractivity contribution in [3.05, 3.63) is 0 Å². The van der Waals surface area contributed by atoms with Crippen LogP contribution in [0, 0.1) is 0 Å². The fraction of sp³-hybridized carbons (Fsp3) is 0.857. The van der Waals surface area contributed by atoms with E-state index in [1.54, 1.807) is 0 Å². The first kappa shape index (κ1) is 16.8. The number of rotatable bonds is 8. The highest BCUT2D eigenvalue weighted by Crippen LogP contribution is 2.34. The van der Waals surface area contributed by atoms with Gasteiger partial charge in [0.2, 0.25) is 0 Å². The van der Waals surface area contributed by atoms with Crippen LogP contribution in [0.25, 0.3) is 0 Å². The number of urea groups is 1. The van der Waals surface area contributed by atoms with E-state index in [-0.39, 0.29) is 12.5 Å². The van der Waals surface area contributed by atoms with E-state index in [1.165, 1.54) is 0 Å². The molecule has 2 amide bonds. The van der Waals surface area contributed by atoms with Gasteiger partial charge in [-0.25, -0.2) is 4.79 Å². The van der Waals surface area contributed by atoms with Crippen molar-refractivity contribution in [1.82, 2.24) is 15.5 Å². The number of hydrogen-bond acceptors (Lipinski definition) is 3. The molecule has 0 spiro atoms. The molecule has 6 heteroatoms. The first-order valence-corrected chi connectivity index (χ1v) is 7.33. The smallest absolute Gasteiger partial charge is 0.315 e. The summed E-state index contributed by atoms with van der Waals surface area (Å²) in [6.45, 7) is 5.79. The highest BCUT2D eigenvalue weighted by atomic mass is 16.4. The lowest BCUT2D eigenvalue weighted by Crippen LogP contribution is -2.57. The number of carbonyl (C=O) groups is 2. The van der Waals surface area contributed by atoms with Crippen molar-refractivity contribution in [2.45, 2.75) is 57.5 Å². The minimum Gasteiger partial charge on any atom is -0.481 e. The molecule has 0 atom stereocenters. The number of carboxylic acids is 1. The maximum atomic E-state index is 11.8. The Morgan fingerprint density at radius 3 is 2.45 bits per heavy atom. The highest BCUT2D eigenvalue weighted by Gasteiger charge is 2.40. The summed E-state index contributed by atoms with van der Waals surface area (Å²) in [5, 5.41) is 14.5. The number of nitrogens with zero attached hydrogens (tertiary/aromatic N) is 1. The molecule has 0 aromatic carbocycles. The van der Waals surface area contributed by atoms with Gasteiger partial charge in [0.05, 0.1) is 12.0 Å². The summed E-state index contributed by atoms with van der Waals surface area (Å²) in [6.07, 6.45) is 3.38. The van der Waals surface area contributed by atoms with Gasteiger partial charge < -0.3 is 20.6 Å². The second kappa shape index (κ2) is 7.47. The van der Waals surface area contributed by atoms with Crippen molar-refractivity contribution in [3.8, 4) is 0 Å². The topological polar surface area (TPSA) is 81.7 Å². The van der Waals surface area contributed by atoms with E-state index < -0.39 is 11.5 Å². The summed E-state index contributed by atoms with van der Waals surface area (Å²) >= 11 is 0. The Morgan fingerprint density at radius 2 is 2.00 bits per heavy atom. The van der Waals surface area contributed by atoms with Crippen molar-refractivity contribution in [3.63, 3.8) is 0 Å². The quantitative estimate of drug-likeness (QED) is 0.589. The Kier molecular flexibility index (Phi) is 6.26. The van der Waals surface area contributed by atoms with E-state index in [4.69, 9.17) is 5.11 Å². The van der Waals surface area contributed by atoms with E-state index in [2.05, 4.69) is 36.4 Å². The normalized spacial score (nSPS) is 16.9. The zero-order valence-corrected chi connectivity index (χ0v) is 12.7. The van der Waals surface area contributed by atoms with Crippen LogP contribution in [0.4, 0.5) is 4.79 Å². The second-order valence-corrected chi connectivity index (χ2v) is 6.01. The van der Waals surface area contributed by atoms with Gasteiger partial charge in [0.15, 0.2) is 0 Å². The molecule has 0 aromatic rings. The molecule has 1 aliphatic rings. The Morgan fingerprint density at radius 1 is 1.35 bits per heavy atom. The number of carboxylic acid groups (broad SMARTS) is 1. The van der Waals surface area contributed by atoms with Crippen molar-refractivity contribution < 1.29 is 14.7 Å². The van der Waals surface area contributed by atoms with Crippen molar-refractivity contribution in [2.75, 3.05) is 20.1 Å². The van der Waals surface area contributed by atoms with E-state index in [9.17, 15) is 9.59 Å². The summed E-state index contributed by atoms with van der Waals surface area (Å²) in [7, 11) is 2.06. The minimum absolute atomic E-state index is 0.0104. The van der Waals surface area contributed by atoms with Crippen LogP contribution in [-0.2, 0) is 4.79 Å². The Labute approximate surface area is 120 Å². The first-order chi connectivity index (χ1) is 9.34. The lowest BCUT2D eigenvalue weighted by Gasteiger charge is -2.41. The van der Waals surface area contributed by atoms with Crippen LogP contribution >= 0.6 is 0 Å². The minimum atomic E-state index is -0.858. The molecular weight excluding hydrogens is 258 g/mol. The van der Waals surface area contributed by atoms with Gasteiger partial charge in [0, 0.05) is 12.6 Å². The summed E-state index contributed by atoms with van der Waals surface area (Å²) in [6, 6.07) is 0.246. The van der Waals surface area contributed by atoms with Gasteiger partial charge in [-0.3, -0.25) is 4.79 Å². The molecule has 116 valence electrons. The van der Waals surface area contributed by atoms with Gasteiger partial charge >= 0.3 is 12.0 Å². The third-order valence-corrected chi connectivity index (χ3v) is 4.03. The molecular formula is C14H27N3O3. The van der Waals surface area contributed by atoms with E-state index in [0.29, 0.717) is 12.6 Å². The maximum Gasteiger partial charge on any atom is 0.315 e. The number of hydrogen-bond donors (Lipinski definition) is 3. The predicted octanol–water partition coefficient (Wildman–Crippen LogP) is 1.41. The zero-order chi connectivity index (χ0) is 15.2. The monoisotopic (exact) mass is 285 g/mol. The number of nitrogens with one attached hydrogen (secondary N) is 2. The van der Waals surface area contributed by atoms with E-state index >= 15 is 0 Å². The third kappa shape index (κ3) is 5.36. The van der Waals surface area contributed by atoms with Crippen molar-refractivity contribution in [2.24, 2.45) is 0 Å². The maximum absolute atomic E-state index is 11.8. The van der Waals surface area contributed by atoms with Gasteiger partial charge in [-0.15, -0.1) is 0 Å². The molecule has 0 unspecified atom stereocenters. The molecule has 1 rings (SSSR count). The van der Waals surface area contributed by atoms with E-state index in [1.807, 2.05) is 0 Å². The molecule has 0 radical (unpaired) electrons. The molecule has 0 heterocycles. The Bertz CT molecular complexity index is 341. The van der Waals surface area contributed by atoms with Crippen LogP contribution in [-0.4, -0.2) is 53.7 Å². The average molecular weight is 285 g/mol. The summed E-state index contributed by atoms with van der Waals surface area (Å²) in [4.78, 5) is 24.8. The van der Waals surface area contributed by atoms with Crippen LogP contribution < -0.4 is 10.6 Å². The lowest BCUT2D eigenvalue weighted by molar-refractivity contribution is -0.139. The first-order valence-electron chi connectivity index (χ1n) is 7.33. The number of amides is 2. The predicted molar refractivity (Wildman–Crippen MR) is 77.8 cm³/mol. The van der Waals surface area contributed by atoms with Crippen molar-refractivity contribution in [1.29, 1.82) is 0 Å². The van der Waals surface area contributed by atoms with Crippen LogP contribution in [0.15, 0.2) is 0 Å². The third-order valence-electron chi connectivity index (χ3n) is 4.03. The fourth-order valence-electron chi connectivity index (χ4n) is 2.31. The highest BCUT2D eigenvalue weighted by molar-refractivity contribution is 5.77. The van der Waals surface area contributed by atoms with Crippen molar-refractivity contribution >= 4 is 12.0 Å². The number of aliphatic carboxylic acids is 1. The van der Waals surface area contributed by atoms with Gasteiger partial charge in [-0.05, 0) is 53.1 Å². The molecule has 0 bridgehead atoms. The second-order valence-electron chi connectivity index (χ2n) is 6.01. The zero-order valence-electron chi connectivity index (χ0n) is 12.7. The van der Waals surface area contributed by atoms with Crippen LogP contribution in [0.1, 0.15) is 46.0 Å². The molecule has 6 nitrogen and oxygen atoms in total. The van der Waals surface area contributed by atoms with Crippen LogP contribution in [0.2, 0.25) is 0 Å². The number of carbonyl (C=O) groups excluding carboxylic acids is 1. The molecule has 1 fully saturated rings. The lowest BCUT2D eigenvalue weighted by atomic mass is 9.74. The van der Waals surface area contributed by atoms with Gasteiger partial charge in [-0.1, -0.05) is 0 Å². The largest absolute Gasteiger partial charge is 0.481 e. The summed E-state index contributed by atoms with van der Waals surface area (Å²) in [5.41, 5.74) is -0.523. The molecule has 0 aliphatic heterocycles. The van der Waals surface area contributed by atoms with Gasteiger partial charge in [-0.2, -0.15) is 0 Å². The Hall–Kier alpha value is -1.30. The molecule has 3 N–H and O–H groups in total. The van der Waals surface area contributed by atoms with Crippen LogP contribution in [0.3, 0.4) is 0 Å². The molecule has 1 saturated carbocycles. The van der Waals surface area contributed by atoms with Crippen LogP contribution in [0.5, 0.6) is 0 Å². The SMILES string of the molecule is CC(C)N(C)CCCNC(=O)NC1(CC(=O)O)CCC1. The molecule has 0 aromatic heterocycles. The molecule has 0 saturated heterocycles. The summed E-state index contributed by atoms with van der Waals surface area (Å²) < 4.78 is 0. The molecule has 20 heavy (non-hydrogen) atoms. The molecule has 1 aliphatic carbocycles. The van der Waals surface area contributed by atoms with Gasteiger partial charge in [0.25, 0.3) is 0 Å². The fourth-order valence-corrected chi connectivity index (χ4v) is 2.31. The Balaban J connectivity index is 2.21.